The van der Waals surface area contributed by atoms with Crippen molar-refractivity contribution in [1.29, 1.82) is 0 Å². The molecular weight excluding hydrogens is 412 g/mol. The highest BCUT2D eigenvalue weighted by Gasteiger charge is 2.36. The standard InChI is InChI=1S/C18H28N6O5S/c1-30-6-4-12(19)16(26)21-9-15(25)24-5-2-3-14(24)17(27)23-13(18(28)29)7-11-8-20-10-22-11/h8,10,12-14H,2-7,9,19H2,1H3,(H,20,22)(H,21,26)(H,23,27)(H,28,29). The molecule has 2 heterocycles. The molecule has 1 aliphatic rings. The summed E-state index contributed by atoms with van der Waals surface area (Å²) in [6.45, 7) is 0.107. The number of carbonyl (C=O) groups is 4. The first kappa shape index (κ1) is 23.7. The summed E-state index contributed by atoms with van der Waals surface area (Å²) in [5, 5.41) is 14.4. The average molecular weight is 441 g/mol. The maximum atomic E-state index is 12.7. The number of carboxylic acids is 1. The van der Waals surface area contributed by atoms with Crippen molar-refractivity contribution in [1.82, 2.24) is 25.5 Å². The summed E-state index contributed by atoms with van der Waals surface area (Å²) in [6.07, 6.45) is 6.42. The van der Waals surface area contributed by atoms with E-state index in [1.54, 1.807) is 11.8 Å². The van der Waals surface area contributed by atoms with Crippen LogP contribution in [0.3, 0.4) is 0 Å². The van der Waals surface area contributed by atoms with Crippen molar-refractivity contribution in [3.05, 3.63) is 18.2 Å². The molecule has 0 aromatic carbocycles. The number of aliphatic carboxylic acids is 1. The molecule has 3 amide bonds. The number of likely N-dealkylation sites (tertiary alicyclic amines) is 1. The van der Waals surface area contributed by atoms with Gasteiger partial charge in [-0.05, 0) is 31.3 Å². The van der Waals surface area contributed by atoms with Gasteiger partial charge in [-0.3, -0.25) is 14.4 Å². The van der Waals surface area contributed by atoms with Crippen LogP contribution in [-0.2, 0) is 25.6 Å². The number of nitrogens with two attached hydrogens (primary N) is 1. The van der Waals surface area contributed by atoms with Gasteiger partial charge in [-0.1, -0.05) is 0 Å². The van der Waals surface area contributed by atoms with E-state index in [1.807, 2.05) is 6.26 Å². The summed E-state index contributed by atoms with van der Waals surface area (Å²) in [7, 11) is 0. The Balaban J connectivity index is 1.90. The van der Waals surface area contributed by atoms with Crippen molar-refractivity contribution in [3.63, 3.8) is 0 Å². The molecule has 0 bridgehead atoms. The average Bonchev–Trinajstić information content (AvgIpc) is 3.41. The molecule has 0 spiro atoms. The smallest absolute Gasteiger partial charge is 0.326 e. The molecule has 30 heavy (non-hydrogen) atoms. The zero-order chi connectivity index (χ0) is 22.1. The molecule has 11 nitrogen and oxygen atoms in total. The number of aromatic nitrogens is 2. The molecule has 3 unspecified atom stereocenters. The summed E-state index contributed by atoms with van der Waals surface area (Å²) < 4.78 is 0. The van der Waals surface area contributed by atoms with Gasteiger partial charge in [-0.15, -0.1) is 0 Å². The molecule has 1 aromatic heterocycles. The fraction of sp³-hybridized carbons (Fsp3) is 0.611. The second kappa shape index (κ2) is 11.6. The number of amides is 3. The summed E-state index contributed by atoms with van der Waals surface area (Å²) >= 11 is 1.58. The highest BCUT2D eigenvalue weighted by Crippen LogP contribution is 2.18. The van der Waals surface area contributed by atoms with Crippen LogP contribution < -0.4 is 16.4 Å². The molecule has 0 saturated carbocycles. The van der Waals surface area contributed by atoms with Gasteiger partial charge in [0, 0.05) is 24.9 Å². The van der Waals surface area contributed by atoms with Crippen LogP contribution >= 0.6 is 11.8 Å². The highest BCUT2D eigenvalue weighted by molar-refractivity contribution is 7.98. The lowest BCUT2D eigenvalue weighted by molar-refractivity contribution is -0.144. The predicted molar refractivity (Wildman–Crippen MR) is 111 cm³/mol. The molecule has 1 saturated heterocycles. The van der Waals surface area contributed by atoms with Gasteiger partial charge >= 0.3 is 5.97 Å². The number of hydrogen-bond donors (Lipinski definition) is 5. The molecule has 1 aliphatic heterocycles. The normalized spacial score (nSPS) is 17.9. The molecule has 1 fully saturated rings. The molecule has 3 atom stereocenters. The largest absolute Gasteiger partial charge is 0.480 e. The van der Waals surface area contributed by atoms with Crippen molar-refractivity contribution in [2.45, 2.75) is 43.8 Å². The van der Waals surface area contributed by atoms with Crippen LogP contribution in [0.15, 0.2) is 12.5 Å². The lowest BCUT2D eigenvalue weighted by atomic mass is 10.1. The Bertz CT molecular complexity index is 743. The third kappa shape index (κ3) is 6.73. The first-order valence-corrected chi connectivity index (χ1v) is 11.0. The van der Waals surface area contributed by atoms with Gasteiger partial charge in [-0.25, -0.2) is 9.78 Å². The molecular formula is C18H28N6O5S. The topological polar surface area (TPSA) is 171 Å². The van der Waals surface area contributed by atoms with E-state index in [9.17, 15) is 24.3 Å². The number of thioether (sulfide) groups is 1. The number of hydrogen-bond acceptors (Lipinski definition) is 7. The van der Waals surface area contributed by atoms with Crippen LogP contribution in [0.25, 0.3) is 0 Å². The van der Waals surface area contributed by atoms with Crippen molar-refractivity contribution >= 4 is 35.5 Å². The van der Waals surface area contributed by atoms with Crippen LogP contribution in [0.5, 0.6) is 0 Å². The van der Waals surface area contributed by atoms with E-state index in [0.29, 0.717) is 31.5 Å². The second-order valence-electron chi connectivity index (χ2n) is 7.03. The summed E-state index contributed by atoms with van der Waals surface area (Å²) in [4.78, 5) is 56.7. The number of rotatable bonds is 11. The van der Waals surface area contributed by atoms with Crippen molar-refractivity contribution < 1.29 is 24.3 Å². The first-order chi connectivity index (χ1) is 14.3. The number of nitrogens with zero attached hydrogens (tertiary/aromatic N) is 2. The van der Waals surface area contributed by atoms with Gasteiger partial charge in [0.2, 0.25) is 17.7 Å². The second-order valence-corrected chi connectivity index (χ2v) is 8.02. The minimum absolute atomic E-state index is 0.0474. The molecule has 0 aliphatic carbocycles. The Morgan fingerprint density at radius 3 is 2.83 bits per heavy atom. The van der Waals surface area contributed by atoms with Gasteiger partial charge in [0.15, 0.2) is 0 Å². The Kier molecular flexibility index (Phi) is 9.12. The fourth-order valence-electron chi connectivity index (χ4n) is 3.19. The Hall–Kier alpha value is -2.60. The zero-order valence-corrected chi connectivity index (χ0v) is 17.6. The SMILES string of the molecule is CSCCC(N)C(=O)NCC(=O)N1CCCC1C(=O)NC(Cc1cnc[nH]1)C(=O)O. The minimum atomic E-state index is -1.18. The Morgan fingerprint density at radius 1 is 1.43 bits per heavy atom. The first-order valence-electron chi connectivity index (χ1n) is 9.65. The van der Waals surface area contributed by atoms with Gasteiger partial charge in [0.05, 0.1) is 18.9 Å². The van der Waals surface area contributed by atoms with E-state index in [4.69, 9.17) is 5.73 Å². The zero-order valence-electron chi connectivity index (χ0n) is 16.8. The van der Waals surface area contributed by atoms with E-state index >= 15 is 0 Å². The maximum absolute atomic E-state index is 12.7. The lowest BCUT2D eigenvalue weighted by Crippen LogP contribution is -2.53. The van der Waals surface area contributed by atoms with Crippen LogP contribution in [-0.4, -0.2) is 86.9 Å². The Morgan fingerprint density at radius 2 is 2.20 bits per heavy atom. The highest BCUT2D eigenvalue weighted by atomic mass is 32.2. The van der Waals surface area contributed by atoms with Gasteiger partial charge in [0.25, 0.3) is 0 Å². The number of nitrogens with one attached hydrogen (secondary N) is 3. The number of aromatic amines is 1. The summed E-state index contributed by atoms with van der Waals surface area (Å²) in [5.41, 5.74) is 6.35. The monoisotopic (exact) mass is 440 g/mol. The maximum Gasteiger partial charge on any atom is 0.326 e. The third-order valence-corrected chi connectivity index (χ3v) is 5.50. The lowest BCUT2D eigenvalue weighted by Gasteiger charge is -2.25. The van der Waals surface area contributed by atoms with Crippen LogP contribution in [0.1, 0.15) is 25.0 Å². The molecule has 6 N–H and O–H groups in total. The van der Waals surface area contributed by atoms with Crippen molar-refractivity contribution in [3.8, 4) is 0 Å². The van der Waals surface area contributed by atoms with E-state index < -0.39 is 41.8 Å². The number of carboxylic acid groups (broad SMARTS) is 1. The van der Waals surface area contributed by atoms with Gasteiger partial charge < -0.3 is 31.4 Å². The molecule has 2 rings (SSSR count). The quantitative estimate of drug-likeness (QED) is 0.283. The molecule has 1 aromatic rings. The summed E-state index contributed by atoms with van der Waals surface area (Å²) in [5.74, 6) is -1.79. The van der Waals surface area contributed by atoms with E-state index in [-0.39, 0.29) is 13.0 Å². The summed E-state index contributed by atoms with van der Waals surface area (Å²) in [6, 6.07) is -2.62. The Labute approximate surface area is 178 Å². The number of carbonyl (C=O) groups excluding carboxylic acids is 3. The fourth-order valence-corrected chi connectivity index (χ4v) is 3.68. The van der Waals surface area contributed by atoms with Crippen molar-refractivity contribution in [2.24, 2.45) is 5.73 Å². The van der Waals surface area contributed by atoms with Crippen molar-refractivity contribution in [2.75, 3.05) is 25.1 Å². The van der Waals surface area contributed by atoms with E-state index in [0.717, 1.165) is 5.75 Å². The van der Waals surface area contributed by atoms with Crippen LogP contribution in [0.2, 0.25) is 0 Å². The third-order valence-electron chi connectivity index (χ3n) is 4.85. The minimum Gasteiger partial charge on any atom is -0.480 e. The number of H-pyrrole nitrogens is 1. The van der Waals surface area contributed by atoms with E-state index in [2.05, 4.69) is 20.6 Å². The molecule has 12 heteroatoms. The van der Waals surface area contributed by atoms with Gasteiger partial charge in [-0.2, -0.15) is 11.8 Å². The van der Waals surface area contributed by atoms with Crippen LogP contribution in [0.4, 0.5) is 0 Å². The molecule has 0 radical (unpaired) electrons. The van der Waals surface area contributed by atoms with E-state index in [1.165, 1.54) is 17.4 Å². The predicted octanol–water partition coefficient (Wildman–Crippen LogP) is -1.29. The number of imidazole rings is 1. The van der Waals surface area contributed by atoms with Crippen LogP contribution in [0, 0.1) is 0 Å². The van der Waals surface area contributed by atoms with Gasteiger partial charge in [0.1, 0.15) is 12.1 Å². The molecule has 166 valence electrons.